The maximum absolute atomic E-state index is 5.45. The Morgan fingerprint density at radius 2 is 2.28 bits per heavy atom. The van der Waals surface area contributed by atoms with Gasteiger partial charge in [-0.3, -0.25) is 4.98 Å². The van der Waals surface area contributed by atoms with Crippen molar-refractivity contribution in [2.24, 2.45) is 5.41 Å². The van der Waals surface area contributed by atoms with Crippen molar-refractivity contribution in [3.05, 3.63) is 29.6 Å². The molecule has 3 nitrogen and oxygen atoms in total. The van der Waals surface area contributed by atoms with Crippen molar-refractivity contribution in [1.29, 1.82) is 0 Å². The number of nitrogens with one attached hydrogen (secondary N) is 1. The highest BCUT2D eigenvalue weighted by Crippen LogP contribution is 2.33. The van der Waals surface area contributed by atoms with Crippen LogP contribution in [0.5, 0.6) is 0 Å². The summed E-state index contributed by atoms with van der Waals surface area (Å²) in [5.41, 5.74) is 3.09. The first-order chi connectivity index (χ1) is 8.77. The van der Waals surface area contributed by atoms with E-state index in [0.717, 1.165) is 19.8 Å². The van der Waals surface area contributed by atoms with Crippen LogP contribution in [0.4, 0.5) is 0 Å². The number of nitrogens with zero attached hydrogens (tertiary/aromatic N) is 1. The van der Waals surface area contributed by atoms with E-state index >= 15 is 0 Å². The van der Waals surface area contributed by atoms with Crippen molar-refractivity contribution in [3.8, 4) is 0 Å². The van der Waals surface area contributed by atoms with Crippen LogP contribution in [0.2, 0.25) is 0 Å². The highest BCUT2D eigenvalue weighted by Gasteiger charge is 2.30. The van der Waals surface area contributed by atoms with Crippen LogP contribution in [0.15, 0.2) is 18.3 Å². The Morgan fingerprint density at radius 3 is 3.11 bits per heavy atom. The smallest absolute Gasteiger partial charge is 0.0605 e. The van der Waals surface area contributed by atoms with Gasteiger partial charge in [-0.05, 0) is 42.7 Å². The molecule has 1 aliphatic heterocycles. The van der Waals surface area contributed by atoms with E-state index in [1.165, 1.54) is 36.9 Å². The molecule has 1 fully saturated rings. The first kappa shape index (κ1) is 12.1. The van der Waals surface area contributed by atoms with Crippen LogP contribution in [0, 0.1) is 5.41 Å². The average Bonchev–Trinajstić information content (AvgIpc) is 2.81. The largest absolute Gasteiger partial charge is 0.381 e. The minimum absolute atomic E-state index is 0.399. The van der Waals surface area contributed by atoms with Gasteiger partial charge in [0.25, 0.3) is 0 Å². The first-order valence-corrected chi connectivity index (χ1v) is 7.02. The fourth-order valence-corrected chi connectivity index (χ4v) is 3.02. The van der Waals surface area contributed by atoms with Crippen LogP contribution in [0.3, 0.4) is 0 Å². The van der Waals surface area contributed by atoms with Gasteiger partial charge in [0, 0.05) is 26.0 Å². The van der Waals surface area contributed by atoms with E-state index in [1.54, 1.807) is 0 Å². The predicted molar refractivity (Wildman–Crippen MR) is 71.5 cm³/mol. The lowest BCUT2D eigenvalue weighted by Gasteiger charge is -2.34. The van der Waals surface area contributed by atoms with Crippen LogP contribution >= 0.6 is 0 Å². The minimum atomic E-state index is 0.399. The molecule has 98 valence electrons. The van der Waals surface area contributed by atoms with Crippen molar-refractivity contribution in [1.82, 2.24) is 10.3 Å². The Balaban J connectivity index is 1.61. The molecule has 2 heterocycles. The maximum Gasteiger partial charge on any atom is 0.0605 e. The van der Waals surface area contributed by atoms with E-state index in [0.29, 0.717) is 11.5 Å². The van der Waals surface area contributed by atoms with Crippen molar-refractivity contribution in [2.45, 2.75) is 38.6 Å². The molecule has 0 amide bonds. The minimum Gasteiger partial charge on any atom is -0.381 e. The molecule has 1 aromatic heterocycles. The summed E-state index contributed by atoms with van der Waals surface area (Å²) >= 11 is 0. The van der Waals surface area contributed by atoms with Gasteiger partial charge < -0.3 is 10.1 Å². The van der Waals surface area contributed by atoms with E-state index < -0.39 is 0 Å². The van der Waals surface area contributed by atoms with Gasteiger partial charge in [-0.25, -0.2) is 0 Å². The van der Waals surface area contributed by atoms with Gasteiger partial charge in [0.15, 0.2) is 0 Å². The molecule has 1 aliphatic carbocycles. The van der Waals surface area contributed by atoms with Crippen molar-refractivity contribution >= 4 is 0 Å². The fourth-order valence-electron chi connectivity index (χ4n) is 3.02. The summed E-state index contributed by atoms with van der Waals surface area (Å²) < 4.78 is 5.45. The molecular weight excluding hydrogens is 224 g/mol. The Hall–Kier alpha value is -0.930. The number of ether oxygens (including phenoxy) is 1. The molecule has 0 spiro atoms. The molecule has 1 aromatic rings. The van der Waals surface area contributed by atoms with E-state index in [9.17, 15) is 0 Å². The average molecular weight is 246 g/mol. The second kappa shape index (κ2) is 4.98. The topological polar surface area (TPSA) is 34.2 Å². The lowest BCUT2D eigenvalue weighted by Crippen LogP contribution is -2.38. The highest BCUT2D eigenvalue weighted by molar-refractivity contribution is 5.27. The summed E-state index contributed by atoms with van der Waals surface area (Å²) in [5, 5.41) is 3.73. The van der Waals surface area contributed by atoms with E-state index in [-0.39, 0.29) is 0 Å². The van der Waals surface area contributed by atoms with Gasteiger partial charge in [-0.15, -0.1) is 0 Å². The van der Waals surface area contributed by atoms with Crippen LogP contribution < -0.4 is 5.32 Å². The molecule has 1 saturated heterocycles. The number of hydrogen-bond donors (Lipinski definition) is 1. The number of rotatable bonds is 3. The van der Waals surface area contributed by atoms with Gasteiger partial charge in [-0.1, -0.05) is 13.0 Å². The summed E-state index contributed by atoms with van der Waals surface area (Å²) in [6.45, 7) is 5.28. The zero-order valence-corrected chi connectivity index (χ0v) is 11.1. The van der Waals surface area contributed by atoms with Gasteiger partial charge in [0.2, 0.25) is 0 Å². The van der Waals surface area contributed by atoms with Gasteiger partial charge in [0.1, 0.15) is 0 Å². The number of aryl methyl sites for hydroxylation is 1. The molecule has 1 N–H and O–H groups in total. The van der Waals surface area contributed by atoms with Crippen LogP contribution in [-0.2, 0) is 11.2 Å². The standard InChI is InChI=1S/C15H22N2O/c1-15(6-9-18-10-7-15)11-17-13-5-4-12-3-2-8-16-14(12)13/h2-3,8,13,17H,4-7,9-11H2,1H3. The molecule has 18 heavy (non-hydrogen) atoms. The summed E-state index contributed by atoms with van der Waals surface area (Å²) in [6.07, 6.45) is 6.61. The summed E-state index contributed by atoms with van der Waals surface area (Å²) in [4.78, 5) is 4.54. The lowest BCUT2D eigenvalue weighted by atomic mass is 9.82. The molecule has 0 bridgehead atoms. The number of pyridine rings is 1. The fraction of sp³-hybridized carbons (Fsp3) is 0.667. The normalized spacial score (nSPS) is 25.9. The molecule has 1 unspecified atom stereocenters. The second-order valence-electron chi connectivity index (χ2n) is 5.94. The van der Waals surface area contributed by atoms with E-state index in [4.69, 9.17) is 4.74 Å². The monoisotopic (exact) mass is 246 g/mol. The van der Waals surface area contributed by atoms with Gasteiger partial charge in [-0.2, -0.15) is 0 Å². The van der Waals surface area contributed by atoms with Crippen molar-refractivity contribution < 1.29 is 4.74 Å². The molecule has 2 aliphatic rings. The van der Waals surface area contributed by atoms with Gasteiger partial charge >= 0.3 is 0 Å². The molecular formula is C15H22N2O. The van der Waals surface area contributed by atoms with Crippen molar-refractivity contribution in [3.63, 3.8) is 0 Å². The Morgan fingerprint density at radius 1 is 1.44 bits per heavy atom. The molecule has 3 heteroatoms. The first-order valence-electron chi connectivity index (χ1n) is 7.02. The van der Waals surface area contributed by atoms with Crippen molar-refractivity contribution in [2.75, 3.05) is 19.8 Å². The molecule has 3 rings (SSSR count). The third kappa shape index (κ3) is 2.43. The Bertz CT molecular complexity index is 413. The third-order valence-electron chi connectivity index (χ3n) is 4.43. The maximum atomic E-state index is 5.45. The van der Waals surface area contributed by atoms with E-state index in [2.05, 4.69) is 23.3 Å². The van der Waals surface area contributed by atoms with Crippen LogP contribution in [0.25, 0.3) is 0 Å². The third-order valence-corrected chi connectivity index (χ3v) is 4.43. The van der Waals surface area contributed by atoms with E-state index in [1.807, 2.05) is 12.3 Å². The highest BCUT2D eigenvalue weighted by atomic mass is 16.5. The van der Waals surface area contributed by atoms with Crippen LogP contribution in [0.1, 0.15) is 43.5 Å². The summed E-state index contributed by atoms with van der Waals surface area (Å²) in [7, 11) is 0. The molecule has 0 aromatic carbocycles. The molecule has 0 saturated carbocycles. The SMILES string of the molecule is CC1(CNC2CCc3cccnc32)CCOCC1. The Labute approximate surface area is 109 Å². The lowest BCUT2D eigenvalue weighted by molar-refractivity contribution is 0.0228. The zero-order chi connectivity index (χ0) is 12.4. The number of fused-ring (bicyclic) bond motifs is 1. The number of aromatic nitrogens is 1. The second-order valence-corrected chi connectivity index (χ2v) is 5.94. The number of hydrogen-bond acceptors (Lipinski definition) is 3. The summed E-state index contributed by atoms with van der Waals surface area (Å²) in [6, 6.07) is 4.71. The predicted octanol–water partition coefficient (Wildman–Crippen LogP) is 2.48. The zero-order valence-electron chi connectivity index (χ0n) is 11.1. The van der Waals surface area contributed by atoms with Gasteiger partial charge in [0.05, 0.1) is 11.7 Å². The van der Waals surface area contributed by atoms with Crippen LogP contribution in [-0.4, -0.2) is 24.7 Å². The quantitative estimate of drug-likeness (QED) is 0.889. The Kier molecular flexibility index (Phi) is 3.35. The summed E-state index contributed by atoms with van der Waals surface area (Å²) in [5.74, 6) is 0. The molecule has 0 radical (unpaired) electrons. The molecule has 1 atom stereocenters.